The van der Waals surface area contributed by atoms with Crippen molar-refractivity contribution in [1.29, 1.82) is 0 Å². The first-order chi connectivity index (χ1) is 11.2. The maximum Gasteiger partial charge on any atom is 0.416 e. The molecule has 1 aliphatic heterocycles. The van der Waals surface area contributed by atoms with Crippen LogP contribution in [0.25, 0.3) is 0 Å². The Morgan fingerprint density at radius 2 is 1.62 bits per heavy atom. The molecule has 1 heterocycles. The molecule has 4 atom stereocenters. The largest absolute Gasteiger partial charge is 0.416 e. The molecule has 2 rings (SSSR count). The number of benzene rings is 1. The summed E-state index contributed by atoms with van der Waals surface area (Å²) < 4.78 is 44.6. The monoisotopic (exact) mass is 350 g/mol. The lowest BCUT2D eigenvalue weighted by molar-refractivity contribution is -0.137. The summed E-state index contributed by atoms with van der Waals surface area (Å²) in [5, 5.41) is 14.0. The van der Waals surface area contributed by atoms with Gasteiger partial charge in [-0.15, -0.1) is 0 Å². The molecule has 1 aromatic carbocycles. The molecule has 1 aliphatic rings. The van der Waals surface area contributed by atoms with Gasteiger partial charge in [0.2, 0.25) is 0 Å². The van der Waals surface area contributed by atoms with Crippen LogP contribution in [0.4, 0.5) is 13.2 Å². The quantitative estimate of drug-likeness (QED) is 0.842. The number of aliphatic hydroxyl groups excluding tert-OH is 2. The van der Waals surface area contributed by atoms with Gasteiger partial charge in [-0.25, -0.2) is 0 Å². The Balaban J connectivity index is 0.00000123. The minimum atomic E-state index is -4.30. The van der Waals surface area contributed by atoms with Crippen molar-refractivity contribution in [3.8, 4) is 0 Å². The second-order valence-electron chi connectivity index (χ2n) is 6.04. The van der Waals surface area contributed by atoms with Crippen molar-refractivity contribution in [3.63, 3.8) is 0 Å². The summed E-state index contributed by atoms with van der Waals surface area (Å²) in [7, 11) is 2.00. The molecule has 140 valence electrons. The number of hydrogen-bond donors (Lipinski definition) is 2. The molecule has 0 amide bonds. The summed E-state index contributed by atoms with van der Waals surface area (Å²) in [6, 6.07) is 4.29. The molecule has 0 unspecified atom stereocenters. The van der Waals surface area contributed by atoms with E-state index in [1.54, 1.807) is 6.92 Å². The van der Waals surface area contributed by atoms with E-state index in [-0.39, 0.29) is 18.1 Å². The average molecular weight is 350 g/mol. The van der Waals surface area contributed by atoms with Gasteiger partial charge in [0, 0.05) is 20.1 Å². The lowest BCUT2D eigenvalue weighted by Crippen LogP contribution is -2.22. The molecular formula is C18H29F3O3. The van der Waals surface area contributed by atoms with Gasteiger partial charge in [0.1, 0.15) is 0 Å². The van der Waals surface area contributed by atoms with Crippen LogP contribution < -0.4 is 0 Å². The van der Waals surface area contributed by atoms with Gasteiger partial charge >= 0.3 is 6.18 Å². The fraction of sp³-hybridized carbons (Fsp3) is 0.667. The minimum Gasteiger partial charge on any atom is -0.400 e. The molecule has 6 heteroatoms. The van der Waals surface area contributed by atoms with Crippen LogP contribution in [-0.4, -0.2) is 36.6 Å². The SMILES string of the molecule is CO.CO.Cc1cc([C@@H](C)[C@H]2O[C@@H](C)C[C@H]2C)cc(C(F)(F)F)c1. The van der Waals surface area contributed by atoms with Crippen LogP contribution >= 0.6 is 0 Å². The summed E-state index contributed by atoms with van der Waals surface area (Å²) in [6.07, 6.45) is -3.15. The Morgan fingerprint density at radius 1 is 1.08 bits per heavy atom. The van der Waals surface area contributed by atoms with Gasteiger partial charge in [0.15, 0.2) is 0 Å². The first kappa shape index (κ1) is 22.9. The Morgan fingerprint density at radius 3 is 2.04 bits per heavy atom. The summed E-state index contributed by atoms with van der Waals surface area (Å²) >= 11 is 0. The normalized spacial score (nSPS) is 24.4. The van der Waals surface area contributed by atoms with E-state index in [4.69, 9.17) is 14.9 Å². The van der Waals surface area contributed by atoms with Gasteiger partial charge in [0.05, 0.1) is 17.8 Å². The standard InChI is InChI=1S/C16H21F3O.2CH4O/c1-9-5-13(8-14(6-9)16(17,18)19)12(4)15-10(2)7-11(3)20-15;2*1-2/h5-6,8,10-12,15H,7H2,1-4H3;2*2H,1H3/t10-,11+,12-,15+;;/m1../s1. The van der Waals surface area contributed by atoms with E-state index in [1.807, 2.05) is 19.9 Å². The molecule has 0 saturated carbocycles. The molecular weight excluding hydrogens is 321 g/mol. The van der Waals surface area contributed by atoms with Crippen LogP contribution in [0.3, 0.4) is 0 Å². The second kappa shape index (κ2) is 10.0. The van der Waals surface area contributed by atoms with Crippen LogP contribution in [0.1, 0.15) is 49.8 Å². The van der Waals surface area contributed by atoms with Crippen molar-refractivity contribution in [3.05, 3.63) is 34.9 Å². The van der Waals surface area contributed by atoms with Gasteiger partial charge in [0.25, 0.3) is 0 Å². The third kappa shape index (κ3) is 6.07. The Labute approximate surface area is 142 Å². The number of aliphatic hydroxyl groups is 2. The van der Waals surface area contributed by atoms with Crippen LogP contribution in [0.5, 0.6) is 0 Å². The van der Waals surface area contributed by atoms with E-state index in [0.717, 1.165) is 20.6 Å². The third-order valence-electron chi connectivity index (χ3n) is 4.10. The Hall–Kier alpha value is -1.11. The van der Waals surface area contributed by atoms with Crippen LogP contribution in [0, 0.1) is 12.8 Å². The fourth-order valence-electron chi connectivity index (χ4n) is 3.16. The summed E-state index contributed by atoms with van der Waals surface area (Å²) in [5.74, 6) is 0.339. The number of rotatable bonds is 2. The van der Waals surface area contributed by atoms with Crippen molar-refractivity contribution in [2.24, 2.45) is 5.92 Å². The fourth-order valence-corrected chi connectivity index (χ4v) is 3.16. The highest BCUT2D eigenvalue weighted by Crippen LogP contribution is 2.38. The highest BCUT2D eigenvalue weighted by atomic mass is 19.4. The van der Waals surface area contributed by atoms with Crippen molar-refractivity contribution >= 4 is 0 Å². The Kier molecular flexibility index (Phi) is 9.55. The second-order valence-corrected chi connectivity index (χ2v) is 6.04. The Bertz CT molecular complexity index is 489. The molecule has 0 spiro atoms. The molecule has 0 aromatic heterocycles. The first-order valence-corrected chi connectivity index (χ1v) is 7.92. The first-order valence-electron chi connectivity index (χ1n) is 7.92. The van der Waals surface area contributed by atoms with Gasteiger partial charge < -0.3 is 14.9 Å². The lowest BCUT2D eigenvalue weighted by atomic mass is 9.86. The molecule has 1 fully saturated rings. The average Bonchev–Trinajstić information content (AvgIpc) is 2.87. The van der Waals surface area contributed by atoms with E-state index in [2.05, 4.69) is 6.92 Å². The summed E-state index contributed by atoms with van der Waals surface area (Å²) in [5.41, 5.74) is 0.779. The van der Waals surface area contributed by atoms with E-state index < -0.39 is 11.7 Å². The van der Waals surface area contributed by atoms with Crippen LogP contribution in [-0.2, 0) is 10.9 Å². The smallest absolute Gasteiger partial charge is 0.400 e. The van der Waals surface area contributed by atoms with Crippen molar-refractivity contribution in [1.82, 2.24) is 0 Å². The summed E-state index contributed by atoms with van der Waals surface area (Å²) in [4.78, 5) is 0. The molecule has 2 N–H and O–H groups in total. The highest BCUT2D eigenvalue weighted by molar-refractivity contribution is 5.33. The lowest BCUT2D eigenvalue weighted by Gasteiger charge is -2.24. The van der Waals surface area contributed by atoms with Gasteiger partial charge in [-0.1, -0.05) is 25.5 Å². The van der Waals surface area contributed by atoms with Gasteiger partial charge in [-0.3, -0.25) is 0 Å². The maximum absolute atomic E-state index is 12.9. The molecule has 1 saturated heterocycles. The zero-order valence-corrected chi connectivity index (χ0v) is 15.2. The highest BCUT2D eigenvalue weighted by Gasteiger charge is 2.36. The van der Waals surface area contributed by atoms with Crippen molar-refractivity contribution in [2.45, 2.75) is 58.4 Å². The van der Waals surface area contributed by atoms with Gasteiger partial charge in [-0.05, 0) is 43.9 Å². The van der Waals surface area contributed by atoms with E-state index in [1.165, 1.54) is 12.1 Å². The number of alkyl halides is 3. The number of halogens is 3. The predicted octanol–water partition coefficient (Wildman–Crippen LogP) is 4.15. The molecule has 3 nitrogen and oxygen atoms in total. The topological polar surface area (TPSA) is 49.7 Å². The van der Waals surface area contributed by atoms with Crippen LogP contribution in [0.2, 0.25) is 0 Å². The summed E-state index contributed by atoms with van der Waals surface area (Å²) in [6.45, 7) is 7.77. The molecule has 0 aliphatic carbocycles. The number of ether oxygens (including phenoxy) is 1. The molecule has 0 bridgehead atoms. The minimum absolute atomic E-state index is 0.00659. The van der Waals surface area contributed by atoms with Gasteiger partial charge in [-0.2, -0.15) is 13.2 Å². The third-order valence-corrected chi connectivity index (χ3v) is 4.10. The van der Waals surface area contributed by atoms with E-state index in [9.17, 15) is 13.2 Å². The van der Waals surface area contributed by atoms with Crippen LogP contribution in [0.15, 0.2) is 18.2 Å². The predicted molar refractivity (Wildman–Crippen MR) is 89.0 cm³/mol. The molecule has 0 radical (unpaired) electrons. The van der Waals surface area contributed by atoms with E-state index >= 15 is 0 Å². The van der Waals surface area contributed by atoms with Crippen molar-refractivity contribution in [2.75, 3.05) is 14.2 Å². The maximum atomic E-state index is 12.9. The van der Waals surface area contributed by atoms with E-state index in [0.29, 0.717) is 17.0 Å². The van der Waals surface area contributed by atoms with Crippen molar-refractivity contribution < 1.29 is 28.1 Å². The molecule has 1 aromatic rings. The number of hydrogen-bond acceptors (Lipinski definition) is 3. The molecule has 24 heavy (non-hydrogen) atoms. The zero-order valence-electron chi connectivity index (χ0n) is 15.2. The number of aryl methyl sites for hydroxylation is 1. The zero-order chi connectivity index (χ0) is 19.1.